The Morgan fingerprint density at radius 2 is 2.05 bits per heavy atom. The highest BCUT2D eigenvalue weighted by Gasteiger charge is 2.16. The average Bonchev–Trinajstić information content (AvgIpc) is 2.84. The lowest BCUT2D eigenvalue weighted by molar-refractivity contribution is 0.678. The van der Waals surface area contributed by atoms with E-state index >= 15 is 0 Å². The zero-order chi connectivity index (χ0) is 15.0. The number of rotatable bonds is 3. The Morgan fingerprint density at radius 3 is 2.71 bits per heavy atom. The van der Waals surface area contributed by atoms with Gasteiger partial charge in [-0.15, -0.1) is 0 Å². The number of hydrogen-bond donors (Lipinski definition) is 1. The fourth-order valence-electron chi connectivity index (χ4n) is 1.96. The van der Waals surface area contributed by atoms with Crippen molar-refractivity contribution in [1.29, 1.82) is 0 Å². The molecule has 3 rings (SSSR count). The molecule has 0 aliphatic heterocycles. The monoisotopic (exact) mass is 320 g/mol. The van der Waals surface area contributed by atoms with E-state index in [-0.39, 0.29) is 6.54 Å². The number of halogens is 1. The molecular formula is C14H13ClN4OS. The lowest BCUT2D eigenvalue weighted by atomic mass is 10.2. The van der Waals surface area contributed by atoms with Crippen LogP contribution >= 0.6 is 11.6 Å². The van der Waals surface area contributed by atoms with Crippen molar-refractivity contribution < 1.29 is 4.21 Å². The Kier molecular flexibility index (Phi) is 3.75. The molecule has 21 heavy (non-hydrogen) atoms. The van der Waals surface area contributed by atoms with E-state index in [9.17, 15) is 4.21 Å². The summed E-state index contributed by atoms with van der Waals surface area (Å²) in [5.74, 6) is 0. The molecule has 1 unspecified atom stereocenters. The Hall–Kier alpha value is -1.76. The first-order valence-corrected chi connectivity index (χ1v) is 7.80. The molecule has 0 radical (unpaired) electrons. The summed E-state index contributed by atoms with van der Waals surface area (Å²) < 4.78 is 14.2. The van der Waals surface area contributed by atoms with Crippen LogP contribution in [0.3, 0.4) is 0 Å². The number of nitrogens with zero attached hydrogens (tertiary/aromatic N) is 3. The van der Waals surface area contributed by atoms with Gasteiger partial charge in [-0.1, -0.05) is 29.3 Å². The fourth-order valence-corrected chi connectivity index (χ4v) is 3.33. The van der Waals surface area contributed by atoms with Gasteiger partial charge in [0.15, 0.2) is 16.6 Å². The summed E-state index contributed by atoms with van der Waals surface area (Å²) in [5, 5.41) is 0.410. The Morgan fingerprint density at radius 1 is 1.33 bits per heavy atom. The number of aryl methyl sites for hydroxylation is 1. The first-order valence-electron chi connectivity index (χ1n) is 6.31. The van der Waals surface area contributed by atoms with Crippen molar-refractivity contribution in [2.75, 3.05) is 0 Å². The molecular weight excluding hydrogens is 308 g/mol. The molecule has 0 amide bonds. The third-order valence-electron chi connectivity index (χ3n) is 3.08. The number of aromatic nitrogens is 3. The molecule has 0 aliphatic rings. The second-order valence-electron chi connectivity index (χ2n) is 4.60. The SMILES string of the molecule is Cc1ccc(S(=O)n2cc(Cl)c3nc(CN)cnc32)cc1. The summed E-state index contributed by atoms with van der Waals surface area (Å²) in [4.78, 5) is 9.29. The topological polar surface area (TPSA) is 73.8 Å². The van der Waals surface area contributed by atoms with Crippen molar-refractivity contribution in [3.05, 3.63) is 52.9 Å². The Bertz CT molecular complexity index is 829. The van der Waals surface area contributed by atoms with E-state index in [2.05, 4.69) is 9.97 Å². The van der Waals surface area contributed by atoms with E-state index in [4.69, 9.17) is 17.3 Å². The zero-order valence-corrected chi connectivity index (χ0v) is 12.9. The second kappa shape index (κ2) is 5.55. The molecule has 0 fully saturated rings. The number of fused-ring (bicyclic) bond motifs is 1. The van der Waals surface area contributed by atoms with Crippen LogP contribution in [0.4, 0.5) is 0 Å². The minimum Gasteiger partial charge on any atom is -0.325 e. The molecule has 2 aromatic heterocycles. The van der Waals surface area contributed by atoms with E-state index in [0.29, 0.717) is 26.8 Å². The van der Waals surface area contributed by atoms with Crippen molar-refractivity contribution in [3.8, 4) is 0 Å². The molecule has 0 saturated heterocycles. The summed E-state index contributed by atoms with van der Waals surface area (Å²) in [7, 11) is -1.42. The van der Waals surface area contributed by atoms with Crippen LogP contribution in [-0.2, 0) is 17.5 Å². The summed E-state index contributed by atoms with van der Waals surface area (Å²) in [5.41, 5.74) is 8.30. The molecule has 0 bridgehead atoms. The maximum Gasteiger partial charge on any atom is 0.172 e. The number of benzene rings is 1. The largest absolute Gasteiger partial charge is 0.325 e. The van der Waals surface area contributed by atoms with Gasteiger partial charge in [-0.05, 0) is 19.1 Å². The molecule has 1 atom stereocenters. The van der Waals surface area contributed by atoms with Crippen LogP contribution < -0.4 is 5.73 Å². The van der Waals surface area contributed by atoms with Crippen LogP contribution in [0.1, 0.15) is 11.3 Å². The summed E-state index contributed by atoms with van der Waals surface area (Å²) in [6.45, 7) is 2.26. The maximum absolute atomic E-state index is 12.7. The van der Waals surface area contributed by atoms with Crippen LogP contribution in [0.2, 0.25) is 5.02 Å². The van der Waals surface area contributed by atoms with E-state index in [1.165, 1.54) is 3.97 Å². The lowest BCUT2D eigenvalue weighted by Gasteiger charge is -2.05. The standard InChI is InChI=1S/C14H13ClN4OS/c1-9-2-4-11(5-3-9)21(20)19-8-12(15)13-14(19)17-7-10(6-16)18-13/h2-5,7-8H,6,16H2,1H3. The van der Waals surface area contributed by atoms with Gasteiger partial charge in [-0.2, -0.15) is 0 Å². The smallest absolute Gasteiger partial charge is 0.172 e. The van der Waals surface area contributed by atoms with Crippen LogP contribution in [0.15, 0.2) is 41.6 Å². The first kappa shape index (κ1) is 14.2. The van der Waals surface area contributed by atoms with Gasteiger partial charge in [0.05, 0.1) is 21.8 Å². The number of nitrogens with two attached hydrogens (primary N) is 1. The first-order chi connectivity index (χ1) is 10.1. The second-order valence-corrected chi connectivity index (χ2v) is 6.37. The van der Waals surface area contributed by atoms with Crippen LogP contribution in [0.5, 0.6) is 0 Å². The van der Waals surface area contributed by atoms with Gasteiger partial charge in [0.25, 0.3) is 0 Å². The summed E-state index contributed by atoms with van der Waals surface area (Å²) in [6.07, 6.45) is 3.16. The van der Waals surface area contributed by atoms with Gasteiger partial charge < -0.3 is 5.73 Å². The molecule has 2 heterocycles. The highest BCUT2D eigenvalue weighted by Crippen LogP contribution is 2.25. The van der Waals surface area contributed by atoms with Crippen molar-refractivity contribution >= 4 is 33.8 Å². The molecule has 5 nitrogen and oxygen atoms in total. The minimum absolute atomic E-state index is 0.283. The van der Waals surface area contributed by atoms with E-state index < -0.39 is 11.0 Å². The molecule has 2 N–H and O–H groups in total. The van der Waals surface area contributed by atoms with Gasteiger partial charge in [0, 0.05) is 12.7 Å². The van der Waals surface area contributed by atoms with Crippen molar-refractivity contribution in [2.24, 2.45) is 5.73 Å². The van der Waals surface area contributed by atoms with Gasteiger partial charge >= 0.3 is 0 Å². The maximum atomic E-state index is 12.7. The van der Waals surface area contributed by atoms with Gasteiger partial charge in [0.1, 0.15) is 5.52 Å². The normalized spacial score (nSPS) is 12.7. The average molecular weight is 321 g/mol. The van der Waals surface area contributed by atoms with E-state index in [1.54, 1.807) is 12.4 Å². The highest BCUT2D eigenvalue weighted by atomic mass is 35.5. The van der Waals surface area contributed by atoms with Crippen molar-refractivity contribution in [2.45, 2.75) is 18.4 Å². The Balaban J connectivity index is 2.12. The molecule has 108 valence electrons. The number of hydrogen-bond acceptors (Lipinski definition) is 4. The summed E-state index contributed by atoms with van der Waals surface area (Å²) in [6, 6.07) is 7.48. The summed E-state index contributed by atoms with van der Waals surface area (Å²) >= 11 is 6.16. The van der Waals surface area contributed by atoms with Crippen LogP contribution in [0, 0.1) is 6.92 Å². The molecule has 0 saturated carbocycles. The highest BCUT2D eigenvalue weighted by molar-refractivity contribution is 7.83. The van der Waals surface area contributed by atoms with Crippen molar-refractivity contribution in [3.63, 3.8) is 0 Å². The van der Waals surface area contributed by atoms with Crippen molar-refractivity contribution in [1.82, 2.24) is 13.9 Å². The van der Waals surface area contributed by atoms with Gasteiger partial charge in [-0.3, -0.25) is 0 Å². The van der Waals surface area contributed by atoms with Gasteiger partial charge in [0.2, 0.25) is 0 Å². The molecule has 0 spiro atoms. The zero-order valence-electron chi connectivity index (χ0n) is 11.3. The van der Waals surface area contributed by atoms with Gasteiger partial charge in [-0.25, -0.2) is 18.1 Å². The third kappa shape index (κ3) is 2.57. The fraction of sp³-hybridized carbons (Fsp3) is 0.143. The predicted octanol–water partition coefficient (Wildman–Crippen LogP) is 2.42. The third-order valence-corrected chi connectivity index (χ3v) is 4.67. The predicted molar refractivity (Wildman–Crippen MR) is 83.4 cm³/mol. The van der Waals surface area contributed by atoms with E-state index in [1.807, 2.05) is 31.2 Å². The molecule has 3 aromatic rings. The van der Waals surface area contributed by atoms with Crippen LogP contribution in [0.25, 0.3) is 11.2 Å². The lowest BCUT2D eigenvalue weighted by Crippen LogP contribution is -2.06. The molecule has 1 aromatic carbocycles. The molecule has 0 aliphatic carbocycles. The van der Waals surface area contributed by atoms with Crippen LogP contribution in [-0.4, -0.2) is 18.1 Å². The Labute approximate surface area is 129 Å². The molecule has 7 heteroatoms. The van der Waals surface area contributed by atoms with E-state index in [0.717, 1.165) is 5.56 Å². The minimum atomic E-state index is -1.42. The quantitative estimate of drug-likeness (QED) is 0.804.